The Morgan fingerprint density at radius 2 is 2.37 bits per heavy atom. The van der Waals surface area contributed by atoms with E-state index in [4.69, 9.17) is 0 Å². The smallest absolute Gasteiger partial charge is 0.224 e. The minimum atomic E-state index is 0.269. The Morgan fingerprint density at radius 3 is 3.05 bits per heavy atom. The lowest BCUT2D eigenvalue weighted by molar-refractivity contribution is -0.128. The molecule has 0 unspecified atom stereocenters. The van der Waals surface area contributed by atoms with Crippen molar-refractivity contribution in [3.05, 3.63) is 30.6 Å². The quantitative estimate of drug-likeness (QED) is 0.751. The number of carbonyl (C=O) groups is 1. The minimum Gasteiger partial charge on any atom is -0.334 e. The normalized spacial score (nSPS) is 27.0. The van der Waals surface area contributed by atoms with Crippen LogP contribution in [0.25, 0.3) is 0 Å². The van der Waals surface area contributed by atoms with Gasteiger partial charge in [-0.1, -0.05) is 6.08 Å². The summed E-state index contributed by atoms with van der Waals surface area (Å²) in [5.74, 6) is 0.269. The van der Waals surface area contributed by atoms with Gasteiger partial charge < -0.3 is 4.90 Å². The predicted octanol–water partition coefficient (Wildman–Crippen LogP) is 0.781. The van der Waals surface area contributed by atoms with Crippen molar-refractivity contribution in [1.29, 1.82) is 0 Å². The Kier molecular flexibility index (Phi) is 3.14. The van der Waals surface area contributed by atoms with Gasteiger partial charge in [-0.15, -0.1) is 6.58 Å². The lowest BCUT2D eigenvalue weighted by Gasteiger charge is -2.24. The van der Waals surface area contributed by atoms with E-state index in [1.165, 1.54) is 5.56 Å². The highest BCUT2D eigenvalue weighted by atomic mass is 16.2. The summed E-state index contributed by atoms with van der Waals surface area (Å²) in [5.41, 5.74) is 1.22. The molecule has 2 aliphatic rings. The molecule has 3 heterocycles. The van der Waals surface area contributed by atoms with Crippen molar-refractivity contribution in [3.8, 4) is 0 Å². The standard InChI is InChI=1S/C14H20N4O/c1-3-5-18-12-4-6-17(13(12)7-14(18)19)10-11-8-15-16(2)9-11/h3,8-9,12-13H,1,4-7,10H2,2H3/t12-,13+/m1/s1. The molecule has 102 valence electrons. The molecule has 1 amide bonds. The molecule has 3 rings (SSSR count). The predicted molar refractivity (Wildman–Crippen MR) is 72.3 cm³/mol. The number of amides is 1. The first-order valence-corrected chi connectivity index (χ1v) is 6.81. The van der Waals surface area contributed by atoms with Crippen molar-refractivity contribution >= 4 is 5.91 Å². The molecule has 2 saturated heterocycles. The van der Waals surface area contributed by atoms with Gasteiger partial charge in [-0.25, -0.2) is 0 Å². The zero-order valence-corrected chi connectivity index (χ0v) is 11.3. The van der Waals surface area contributed by atoms with E-state index >= 15 is 0 Å². The highest BCUT2D eigenvalue weighted by Crippen LogP contribution is 2.33. The van der Waals surface area contributed by atoms with Gasteiger partial charge in [0.25, 0.3) is 0 Å². The number of aromatic nitrogens is 2. The van der Waals surface area contributed by atoms with Crippen molar-refractivity contribution < 1.29 is 4.79 Å². The average Bonchev–Trinajstić information content (AvgIpc) is 3.02. The van der Waals surface area contributed by atoms with E-state index in [-0.39, 0.29) is 5.91 Å². The second-order valence-electron chi connectivity index (χ2n) is 5.45. The molecule has 1 aromatic rings. The summed E-state index contributed by atoms with van der Waals surface area (Å²) >= 11 is 0. The van der Waals surface area contributed by atoms with Crippen molar-refractivity contribution in [2.75, 3.05) is 13.1 Å². The summed E-state index contributed by atoms with van der Waals surface area (Å²) in [6.07, 6.45) is 7.50. The van der Waals surface area contributed by atoms with Crippen LogP contribution in [-0.2, 0) is 18.4 Å². The molecule has 0 spiro atoms. The van der Waals surface area contributed by atoms with Gasteiger partial charge in [0.2, 0.25) is 5.91 Å². The van der Waals surface area contributed by atoms with Crippen LogP contribution in [0.4, 0.5) is 0 Å². The molecule has 19 heavy (non-hydrogen) atoms. The Hall–Kier alpha value is -1.62. The first kappa shape index (κ1) is 12.4. The zero-order chi connectivity index (χ0) is 13.4. The molecule has 2 fully saturated rings. The number of carbonyl (C=O) groups excluding carboxylic acids is 1. The van der Waals surface area contributed by atoms with E-state index < -0.39 is 0 Å². The first-order valence-electron chi connectivity index (χ1n) is 6.81. The summed E-state index contributed by atoms with van der Waals surface area (Å²) in [7, 11) is 1.93. The second kappa shape index (κ2) is 4.81. The lowest BCUT2D eigenvalue weighted by Crippen LogP contribution is -2.37. The fourth-order valence-corrected chi connectivity index (χ4v) is 3.37. The van der Waals surface area contributed by atoms with Gasteiger partial charge in [0, 0.05) is 56.9 Å². The molecule has 2 aliphatic heterocycles. The molecule has 0 N–H and O–H groups in total. The maximum atomic E-state index is 12.0. The lowest BCUT2D eigenvalue weighted by atomic mass is 10.1. The number of nitrogens with zero attached hydrogens (tertiary/aromatic N) is 4. The van der Waals surface area contributed by atoms with Crippen LogP contribution in [0.1, 0.15) is 18.4 Å². The molecule has 0 saturated carbocycles. The maximum absolute atomic E-state index is 12.0. The summed E-state index contributed by atoms with van der Waals surface area (Å²) in [5, 5.41) is 4.20. The SMILES string of the molecule is C=CCN1C(=O)C[C@H]2[C@H]1CCN2Cc1cnn(C)c1. The molecule has 5 heteroatoms. The van der Waals surface area contributed by atoms with Crippen LogP contribution in [0, 0.1) is 0 Å². The second-order valence-corrected chi connectivity index (χ2v) is 5.45. The molecular formula is C14H20N4O. The summed E-state index contributed by atoms with van der Waals surface area (Å²) < 4.78 is 1.83. The molecule has 5 nitrogen and oxygen atoms in total. The minimum absolute atomic E-state index is 0.269. The van der Waals surface area contributed by atoms with Gasteiger partial charge in [-0.3, -0.25) is 14.4 Å². The van der Waals surface area contributed by atoms with Gasteiger partial charge in [-0.2, -0.15) is 5.10 Å². The third kappa shape index (κ3) is 2.18. The van der Waals surface area contributed by atoms with Gasteiger partial charge in [-0.05, 0) is 6.42 Å². The summed E-state index contributed by atoms with van der Waals surface area (Å²) in [4.78, 5) is 16.4. The number of fused-ring (bicyclic) bond motifs is 1. The topological polar surface area (TPSA) is 41.4 Å². The monoisotopic (exact) mass is 260 g/mol. The van der Waals surface area contributed by atoms with Crippen molar-refractivity contribution in [3.63, 3.8) is 0 Å². The number of rotatable bonds is 4. The van der Waals surface area contributed by atoms with Gasteiger partial charge in [0.15, 0.2) is 0 Å². The maximum Gasteiger partial charge on any atom is 0.224 e. The number of likely N-dealkylation sites (tertiary alicyclic amines) is 2. The third-order valence-electron chi connectivity index (χ3n) is 4.20. The molecule has 0 radical (unpaired) electrons. The van der Waals surface area contributed by atoms with E-state index in [1.807, 2.05) is 35.1 Å². The zero-order valence-electron chi connectivity index (χ0n) is 11.3. The van der Waals surface area contributed by atoms with E-state index in [9.17, 15) is 4.79 Å². The fourth-order valence-electron chi connectivity index (χ4n) is 3.37. The molecule has 0 aromatic carbocycles. The van der Waals surface area contributed by atoms with Gasteiger partial charge >= 0.3 is 0 Å². The summed E-state index contributed by atoms with van der Waals surface area (Å²) in [6, 6.07) is 0.745. The number of hydrogen-bond donors (Lipinski definition) is 0. The Bertz CT molecular complexity index is 495. The van der Waals surface area contributed by atoms with Crippen molar-refractivity contribution in [2.45, 2.75) is 31.5 Å². The van der Waals surface area contributed by atoms with Gasteiger partial charge in [0.1, 0.15) is 0 Å². The third-order valence-corrected chi connectivity index (χ3v) is 4.20. The van der Waals surface area contributed by atoms with Crippen LogP contribution in [0.2, 0.25) is 0 Å². The van der Waals surface area contributed by atoms with E-state index in [2.05, 4.69) is 16.6 Å². The molecule has 1 aromatic heterocycles. The van der Waals surface area contributed by atoms with E-state index in [1.54, 1.807) is 0 Å². The van der Waals surface area contributed by atoms with E-state index in [0.717, 1.165) is 19.5 Å². The van der Waals surface area contributed by atoms with Crippen LogP contribution >= 0.6 is 0 Å². The molecule has 0 bridgehead atoms. The van der Waals surface area contributed by atoms with E-state index in [0.29, 0.717) is 25.0 Å². The number of hydrogen-bond acceptors (Lipinski definition) is 3. The van der Waals surface area contributed by atoms with Crippen molar-refractivity contribution in [1.82, 2.24) is 19.6 Å². The van der Waals surface area contributed by atoms with Gasteiger partial charge in [0.05, 0.1) is 6.20 Å². The Balaban J connectivity index is 1.70. The van der Waals surface area contributed by atoms with Crippen LogP contribution < -0.4 is 0 Å². The van der Waals surface area contributed by atoms with Crippen molar-refractivity contribution in [2.24, 2.45) is 7.05 Å². The highest BCUT2D eigenvalue weighted by molar-refractivity contribution is 5.80. The van der Waals surface area contributed by atoms with Crippen LogP contribution in [0.15, 0.2) is 25.0 Å². The molecule has 2 atom stereocenters. The Morgan fingerprint density at radius 1 is 1.53 bits per heavy atom. The highest BCUT2D eigenvalue weighted by Gasteiger charge is 2.45. The largest absolute Gasteiger partial charge is 0.334 e. The van der Waals surface area contributed by atoms with Crippen LogP contribution in [-0.4, -0.2) is 50.7 Å². The Labute approximate surface area is 113 Å². The first-order chi connectivity index (χ1) is 9.19. The average molecular weight is 260 g/mol. The van der Waals surface area contributed by atoms with Crippen LogP contribution in [0.3, 0.4) is 0 Å². The molecular weight excluding hydrogens is 240 g/mol. The summed E-state index contributed by atoms with van der Waals surface area (Å²) in [6.45, 7) is 6.38. The molecule has 0 aliphatic carbocycles. The fraction of sp³-hybridized carbons (Fsp3) is 0.571. The number of aryl methyl sites for hydroxylation is 1. The van der Waals surface area contributed by atoms with Crippen LogP contribution in [0.5, 0.6) is 0 Å².